The van der Waals surface area contributed by atoms with Crippen LogP contribution in [0.25, 0.3) is 0 Å². The van der Waals surface area contributed by atoms with E-state index in [0.717, 1.165) is 10.6 Å². The molecule has 1 aliphatic rings. The van der Waals surface area contributed by atoms with Crippen LogP contribution in [0.3, 0.4) is 0 Å². The summed E-state index contributed by atoms with van der Waals surface area (Å²) in [6.45, 7) is 0. The average Bonchev–Trinajstić information content (AvgIpc) is 2.28. The van der Waals surface area contributed by atoms with Crippen molar-refractivity contribution in [3.05, 3.63) is 29.3 Å². The molecule has 0 bridgehead atoms. The van der Waals surface area contributed by atoms with E-state index < -0.39 is 0 Å². The fraction of sp³-hybridized carbons (Fsp3) is 0.273. The lowest BCUT2D eigenvalue weighted by atomic mass is 10.0. The largest absolute Gasteiger partial charge is 0.465 e. The topological polar surface area (TPSA) is 43.4 Å². The van der Waals surface area contributed by atoms with E-state index in [0.29, 0.717) is 17.5 Å². The van der Waals surface area contributed by atoms with E-state index in [1.165, 1.54) is 7.11 Å². The summed E-state index contributed by atoms with van der Waals surface area (Å²) in [7, 11) is 1.34. The summed E-state index contributed by atoms with van der Waals surface area (Å²) in [5, 5.41) is 0. The first-order valence-electron chi connectivity index (χ1n) is 4.61. The molecule has 0 spiro atoms. The van der Waals surface area contributed by atoms with Gasteiger partial charge in [-0.1, -0.05) is 12.1 Å². The third-order valence-corrected chi connectivity index (χ3v) is 3.43. The second-order valence-corrected chi connectivity index (χ2v) is 4.30. The molecule has 1 aromatic carbocycles. The van der Waals surface area contributed by atoms with Crippen LogP contribution in [0.1, 0.15) is 27.1 Å². The van der Waals surface area contributed by atoms with Crippen LogP contribution in [-0.2, 0) is 4.74 Å². The van der Waals surface area contributed by atoms with Gasteiger partial charge in [0.2, 0.25) is 0 Å². The Morgan fingerprint density at radius 3 is 3.00 bits per heavy atom. The maximum Gasteiger partial charge on any atom is 0.339 e. The Hall–Kier alpha value is -1.29. The standard InChI is InChI=1S/C11H10O3S/c1-14-11(13)8-4-2-3-7-9(12)5-6-15-10(7)8/h2-4H,5-6H2,1H3. The first-order valence-corrected chi connectivity index (χ1v) is 5.60. The van der Waals surface area contributed by atoms with Crippen LogP contribution in [0.15, 0.2) is 23.1 Å². The number of methoxy groups -OCH3 is 1. The van der Waals surface area contributed by atoms with Gasteiger partial charge >= 0.3 is 5.97 Å². The van der Waals surface area contributed by atoms with Crippen LogP contribution in [-0.4, -0.2) is 24.6 Å². The van der Waals surface area contributed by atoms with Gasteiger partial charge in [0.25, 0.3) is 0 Å². The number of carbonyl (C=O) groups excluding carboxylic acids is 2. The maximum absolute atomic E-state index is 11.6. The van der Waals surface area contributed by atoms with E-state index in [2.05, 4.69) is 4.74 Å². The number of ketones is 1. The van der Waals surface area contributed by atoms with Crippen molar-refractivity contribution in [1.82, 2.24) is 0 Å². The molecule has 0 N–H and O–H groups in total. The second-order valence-electron chi connectivity index (χ2n) is 3.20. The minimum Gasteiger partial charge on any atom is -0.465 e. The number of esters is 1. The molecule has 2 rings (SSSR count). The molecular weight excluding hydrogens is 212 g/mol. The van der Waals surface area contributed by atoms with E-state index in [1.807, 2.05) is 0 Å². The predicted octanol–water partition coefficient (Wildman–Crippen LogP) is 2.15. The van der Waals surface area contributed by atoms with Crippen LogP contribution < -0.4 is 0 Å². The highest BCUT2D eigenvalue weighted by molar-refractivity contribution is 7.99. The zero-order valence-corrected chi connectivity index (χ0v) is 9.10. The Bertz CT molecular complexity index is 426. The van der Waals surface area contributed by atoms with Crippen LogP contribution in [0, 0.1) is 0 Å². The molecule has 0 fully saturated rings. The molecule has 1 aliphatic heterocycles. The molecule has 0 atom stereocenters. The lowest BCUT2D eigenvalue weighted by molar-refractivity contribution is 0.0596. The molecule has 4 heteroatoms. The summed E-state index contributed by atoms with van der Waals surface area (Å²) in [6.07, 6.45) is 0.544. The summed E-state index contributed by atoms with van der Waals surface area (Å²) in [4.78, 5) is 23.8. The first-order chi connectivity index (χ1) is 7.24. The Balaban J connectivity index is 2.54. The van der Waals surface area contributed by atoms with Gasteiger partial charge in [0, 0.05) is 22.6 Å². The van der Waals surface area contributed by atoms with Gasteiger partial charge in [-0.3, -0.25) is 4.79 Å². The number of Topliss-reactive ketones (excluding diaryl/α,β-unsaturated/α-hetero) is 1. The van der Waals surface area contributed by atoms with Crippen molar-refractivity contribution in [2.24, 2.45) is 0 Å². The molecular formula is C11H10O3S. The number of carbonyl (C=O) groups is 2. The lowest BCUT2D eigenvalue weighted by Crippen LogP contribution is -2.13. The van der Waals surface area contributed by atoms with Crippen LogP contribution in [0.4, 0.5) is 0 Å². The first kappa shape index (κ1) is 10.2. The normalized spacial score (nSPS) is 14.6. The van der Waals surface area contributed by atoms with E-state index >= 15 is 0 Å². The van der Waals surface area contributed by atoms with Gasteiger partial charge in [0.15, 0.2) is 5.78 Å². The van der Waals surface area contributed by atoms with E-state index in [9.17, 15) is 9.59 Å². The van der Waals surface area contributed by atoms with Crippen LogP contribution >= 0.6 is 11.8 Å². The molecule has 3 nitrogen and oxygen atoms in total. The van der Waals surface area contributed by atoms with Crippen LogP contribution in [0.2, 0.25) is 0 Å². The van der Waals surface area contributed by atoms with Gasteiger partial charge in [-0.15, -0.1) is 11.8 Å². The van der Waals surface area contributed by atoms with E-state index in [4.69, 9.17) is 0 Å². The van der Waals surface area contributed by atoms with Gasteiger partial charge in [-0.05, 0) is 6.07 Å². The van der Waals surface area contributed by atoms with Gasteiger partial charge in [-0.2, -0.15) is 0 Å². The molecule has 0 amide bonds. The Kier molecular flexibility index (Phi) is 2.77. The summed E-state index contributed by atoms with van der Waals surface area (Å²) in [5.41, 5.74) is 1.14. The van der Waals surface area contributed by atoms with E-state index in [-0.39, 0.29) is 11.8 Å². The van der Waals surface area contributed by atoms with Gasteiger partial charge in [0.1, 0.15) is 0 Å². The molecule has 15 heavy (non-hydrogen) atoms. The minimum atomic E-state index is -0.381. The minimum absolute atomic E-state index is 0.106. The maximum atomic E-state index is 11.6. The fourth-order valence-electron chi connectivity index (χ4n) is 1.56. The number of fused-ring (bicyclic) bond motifs is 1. The average molecular weight is 222 g/mol. The van der Waals surface area contributed by atoms with Gasteiger partial charge in [0.05, 0.1) is 12.7 Å². The molecule has 1 aromatic rings. The highest BCUT2D eigenvalue weighted by Crippen LogP contribution is 2.33. The predicted molar refractivity (Wildman–Crippen MR) is 57.5 cm³/mol. The van der Waals surface area contributed by atoms with Gasteiger partial charge in [-0.25, -0.2) is 4.79 Å². The van der Waals surface area contributed by atoms with Gasteiger partial charge < -0.3 is 4.74 Å². The van der Waals surface area contributed by atoms with Crippen molar-refractivity contribution in [2.45, 2.75) is 11.3 Å². The molecule has 0 aliphatic carbocycles. The smallest absolute Gasteiger partial charge is 0.339 e. The van der Waals surface area contributed by atoms with Crippen molar-refractivity contribution < 1.29 is 14.3 Å². The van der Waals surface area contributed by atoms with Crippen molar-refractivity contribution in [3.8, 4) is 0 Å². The number of hydrogen-bond acceptors (Lipinski definition) is 4. The summed E-state index contributed by atoms with van der Waals surface area (Å²) >= 11 is 1.54. The number of ether oxygens (including phenoxy) is 1. The molecule has 0 radical (unpaired) electrons. The van der Waals surface area contributed by atoms with Crippen molar-refractivity contribution >= 4 is 23.5 Å². The number of benzene rings is 1. The Labute approximate surface area is 91.8 Å². The third kappa shape index (κ3) is 1.77. The summed E-state index contributed by atoms with van der Waals surface area (Å²) in [6, 6.07) is 5.17. The Morgan fingerprint density at radius 2 is 2.27 bits per heavy atom. The summed E-state index contributed by atoms with van der Waals surface area (Å²) < 4.78 is 4.67. The SMILES string of the molecule is COC(=O)c1cccc2c1SCCC2=O. The van der Waals surface area contributed by atoms with Crippen molar-refractivity contribution in [1.29, 1.82) is 0 Å². The molecule has 0 saturated heterocycles. The number of rotatable bonds is 1. The molecule has 1 heterocycles. The fourth-order valence-corrected chi connectivity index (χ4v) is 2.70. The zero-order chi connectivity index (χ0) is 10.8. The van der Waals surface area contributed by atoms with E-state index in [1.54, 1.807) is 30.0 Å². The molecule has 0 unspecified atom stereocenters. The highest BCUT2D eigenvalue weighted by atomic mass is 32.2. The lowest BCUT2D eigenvalue weighted by Gasteiger charge is -2.16. The summed E-state index contributed by atoms with van der Waals surface area (Å²) in [5.74, 6) is 0.461. The van der Waals surface area contributed by atoms with Crippen molar-refractivity contribution in [2.75, 3.05) is 12.9 Å². The molecule has 78 valence electrons. The monoisotopic (exact) mass is 222 g/mol. The number of thioether (sulfide) groups is 1. The third-order valence-electron chi connectivity index (χ3n) is 2.30. The molecule has 0 saturated carbocycles. The van der Waals surface area contributed by atoms with Crippen molar-refractivity contribution in [3.63, 3.8) is 0 Å². The van der Waals surface area contributed by atoms with Crippen LogP contribution in [0.5, 0.6) is 0 Å². The number of hydrogen-bond donors (Lipinski definition) is 0. The quantitative estimate of drug-likeness (QED) is 0.683. The second kappa shape index (κ2) is 4.06. The zero-order valence-electron chi connectivity index (χ0n) is 8.28. The Morgan fingerprint density at radius 1 is 1.47 bits per heavy atom. The highest BCUT2D eigenvalue weighted by Gasteiger charge is 2.23. The molecule has 0 aromatic heterocycles.